The molecule has 2 atom stereocenters. The molecule has 1 heterocycles. The Kier molecular flexibility index (Phi) is 4.83. The number of amides is 1. The number of hydrogen-bond acceptors (Lipinski definition) is 3. The largest absolute Gasteiger partial charge is 0.416 e. The predicted molar refractivity (Wildman–Crippen MR) is 76.9 cm³/mol. The molecule has 3 nitrogen and oxygen atoms in total. The first-order chi connectivity index (χ1) is 9.84. The van der Waals surface area contributed by atoms with Crippen LogP contribution in [0.15, 0.2) is 24.3 Å². The van der Waals surface area contributed by atoms with Gasteiger partial charge in [-0.05, 0) is 31.7 Å². The molecular weight excluding hydrogens is 301 g/mol. The van der Waals surface area contributed by atoms with Crippen molar-refractivity contribution in [2.24, 2.45) is 0 Å². The zero-order valence-electron chi connectivity index (χ0n) is 11.8. The summed E-state index contributed by atoms with van der Waals surface area (Å²) in [6.45, 7) is 3.01. The lowest BCUT2D eigenvalue weighted by Crippen LogP contribution is -2.35. The minimum atomic E-state index is -4.34. The minimum Gasteiger partial charge on any atom is -0.324 e. The third-order valence-corrected chi connectivity index (χ3v) is 4.77. The number of carbonyl (C=O) groups is 1. The highest BCUT2D eigenvalue weighted by Crippen LogP contribution is 2.43. The molecule has 1 amide bonds. The van der Waals surface area contributed by atoms with Gasteiger partial charge >= 0.3 is 6.18 Å². The van der Waals surface area contributed by atoms with E-state index in [1.54, 1.807) is 11.9 Å². The molecule has 0 aromatic heterocycles. The number of alkyl halides is 3. The molecule has 0 spiro atoms. The Labute approximate surface area is 125 Å². The van der Waals surface area contributed by atoms with E-state index in [1.165, 1.54) is 23.9 Å². The van der Waals surface area contributed by atoms with Gasteiger partial charge in [0.15, 0.2) is 0 Å². The van der Waals surface area contributed by atoms with Crippen molar-refractivity contribution in [3.8, 4) is 0 Å². The first-order valence-electron chi connectivity index (χ1n) is 6.62. The van der Waals surface area contributed by atoms with E-state index in [4.69, 9.17) is 0 Å². The van der Waals surface area contributed by atoms with E-state index in [0.29, 0.717) is 13.1 Å². The number of rotatable bonds is 4. The van der Waals surface area contributed by atoms with Gasteiger partial charge in [0.1, 0.15) is 5.37 Å². The molecule has 0 saturated carbocycles. The van der Waals surface area contributed by atoms with Gasteiger partial charge in [-0.1, -0.05) is 12.1 Å². The lowest BCUT2D eigenvalue weighted by Gasteiger charge is -2.24. The van der Waals surface area contributed by atoms with E-state index in [9.17, 15) is 18.0 Å². The fourth-order valence-electron chi connectivity index (χ4n) is 2.23. The second kappa shape index (κ2) is 6.27. The average molecular weight is 318 g/mol. The van der Waals surface area contributed by atoms with Crippen LogP contribution < -0.4 is 5.32 Å². The molecule has 2 unspecified atom stereocenters. The van der Waals surface area contributed by atoms with Gasteiger partial charge in [-0.2, -0.15) is 13.2 Å². The molecule has 0 radical (unpaired) electrons. The Hall–Kier alpha value is -1.21. The number of nitrogens with zero attached hydrogens (tertiary/aromatic N) is 1. The summed E-state index contributed by atoms with van der Waals surface area (Å²) in [6.07, 6.45) is -4.34. The van der Waals surface area contributed by atoms with Crippen LogP contribution in [0.3, 0.4) is 0 Å². The van der Waals surface area contributed by atoms with E-state index >= 15 is 0 Å². The van der Waals surface area contributed by atoms with Gasteiger partial charge in [0, 0.05) is 13.1 Å². The molecule has 7 heteroatoms. The van der Waals surface area contributed by atoms with Crippen LogP contribution in [-0.2, 0) is 11.0 Å². The summed E-state index contributed by atoms with van der Waals surface area (Å²) in [5.41, 5.74) is 0.0530. The van der Waals surface area contributed by atoms with Crippen LogP contribution in [0.5, 0.6) is 0 Å². The number of likely N-dealkylation sites (N-methyl/N-ethyl adjacent to an activating group) is 1. The Morgan fingerprint density at radius 2 is 1.90 bits per heavy atom. The summed E-state index contributed by atoms with van der Waals surface area (Å²) in [5, 5.41) is 2.59. The summed E-state index contributed by atoms with van der Waals surface area (Å²) < 4.78 is 37.8. The smallest absolute Gasteiger partial charge is 0.324 e. The van der Waals surface area contributed by atoms with Gasteiger partial charge in [-0.3, -0.25) is 4.79 Å². The molecule has 1 saturated heterocycles. The third-order valence-electron chi connectivity index (χ3n) is 3.37. The number of nitrogens with one attached hydrogen (secondary N) is 1. The summed E-state index contributed by atoms with van der Waals surface area (Å²) in [6, 6.07) is 5.05. The maximum atomic E-state index is 12.6. The summed E-state index contributed by atoms with van der Waals surface area (Å²) in [4.78, 5) is 13.8. The zero-order chi connectivity index (χ0) is 15.6. The maximum absolute atomic E-state index is 12.6. The maximum Gasteiger partial charge on any atom is 0.416 e. The van der Waals surface area contributed by atoms with Crippen LogP contribution in [0.25, 0.3) is 0 Å². The fraction of sp³-hybridized carbons (Fsp3) is 0.500. The lowest BCUT2D eigenvalue weighted by atomic mass is 10.1. The Bertz CT molecular complexity index is 504. The average Bonchev–Trinajstić information content (AvgIpc) is 2.72. The van der Waals surface area contributed by atoms with Crippen molar-refractivity contribution in [1.29, 1.82) is 0 Å². The topological polar surface area (TPSA) is 32.3 Å². The van der Waals surface area contributed by atoms with Crippen LogP contribution >= 0.6 is 11.8 Å². The number of halogens is 3. The second-order valence-corrected chi connectivity index (χ2v) is 6.31. The molecule has 0 aliphatic carbocycles. The van der Waals surface area contributed by atoms with E-state index < -0.39 is 11.7 Å². The molecule has 116 valence electrons. The summed E-state index contributed by atoms with van der Waals surface area (Å²) in [7, 11) is 1.80. The quantitative estimate of drug-likeness (QED) is 0.926. The highest BCUT2D eigenvalue weighted by atomic mass is 32.2. The predicted octanol–water partition coefficient (Wildman–Crippen LogP) is 2.89. The molecule has 1 fully saturated rings. The molecule has 1 aromatic rings. The summed E-state index contributed by atoms with van der Waals surface area (Å²) in [5.74, 6) is 0.0279. The van der Waals surface area contributed by atoms with Crippen molar-refractivity contribution in [2.75, 3.05) is 20.1 Å². The number of thioether (sulfide) groups is 1. The highest BCUT2D eigenvalue weighted by Gasteiger charge is 2.38. The zero-order valence-corrected chi connectivity index (χ0v) is 12.6. The van der Waals surface area contributed by atoms with Crippen LogP contribution in [0.4, 0.5) is 13.2 Å². The highest BCUT2D eigenvalue weighted by molar-refractivity contribution is 8.01. The minimum absolute atomic E-state index is 0.0279. The van der Waals surface area contributed by atoms with Crippen molar-refractivity contribution in [3.05, 3.63) is 35.4 Å². The Morgan fingerprint density at radius 3 is 2.43 bits per heavy atom. The van der Waals surface area contributed by atoms with Crippen molar-refractivity contribution < 1.29 is 18.0 Å². The Morgan fingerprint density at radius 1 is 1.29 bits per heavy atom. The lowest BCUT2D eigenvalue weighted by molar-refractivity contribution is -0.137. The first kappa shape index (κ1) is 16.2. The van der Waals surface area contributed by atoms with Crippen LogP contribution in [-0.4, -0.2) is 36.2 Å². The molecular formula is C14H17F3N2OS. The van der Waals surface area contributed by atoms with Crippen molar-refractivity contribution in [2.45, 2.75) is 23.7 Å². The van der Waals surface area contributed by atoms with Gasteiger partial charge < -0.3 is 10.2 Å². The SMILES string of the molecule is CNCCN1C(=O)C(C)SC1c1ccc(C(F)(F)F)cc1. The van der Waals surface area contributed by atoms with Crippen molar-refractivity contribution in [1.82, 2.24) is 10.2 Å². The van der Waals surface area contributed by atoms with Crippen LogP contribution in [0.1, 0.15) is 23.4 Å². The van der Waals surface area contributed by atoms with Crippen LogP contribution in [0.2, 0.25) is 0 Å². The van der Waals surface area contributed by atoms with E-state index in [-0.39, 0.29) is 16.5 Å². The Balaban J connectivity index is 2.21. The summed E-state index contributed by atoms with van der Waals surface area (Å²) >= 11 is 1.47. The third kappa shape index (κ3) is 3.52. The molecule has 1 N–H and O–H groups in total. The number of hydrogen-bond donors (Lipinski definition) is 1. The van der Waals surface area contributed by atoms with E-state index in [1.807, 2.05) is 6.92 Å². The fourth-order valence-corrected chi connectivity index (χ4v) is 3.54. The van der Waals surface area contributed by atoms with Gasteiger partial charge in [0.05, 0.1) is 10.8 Å². The second-order valence-electron chi connectivity index (χ2n) is 4.89. The molecule has 1 aliphatic rings. The van der Waals surface area contributed by atoms with Crippen molar-refractivity contribution in [3.63, 3.8) is 0 Å². The van der Waals surface area contributed by atoms with Crippen LogP contribution in [0, 0.1) is 0 Å². The normalized spacial score (nSPS) is 22.9. The van der Waals surface area contributed by atoms with E-state index in [0.717, 1.165) is 17.7 Å². The molecule has 2 rings (SSSR count). The molecule has 1 aliphatic heterocycles. The number of carbonyl (C=O) groups excluding carboxylic acids is 1. The van der Waals surface area contributed by atoms with Crippen molar-refractivity contribution >= 4 is 17.7 Å². The van der Waals surface area contributed by atoms with Gasteiger partial charge in [-0.25, -0.2) is 0 Å². The number of benzene rings is 1. The standard InChI is InChI=1S/C14H17F3N2OS/c1-9-12(20)19(8-7-18-2)13(21-9)10-3-5-11(6-4-10)14(15,16)17/h3-6,9,13,18H,7-8H2,1-2H3. The van der Waals surface area contributed by atoms with Gasteiger partial charge in [0.2, 0.25) is 5.91 Å². The molecule has 1 aromatic carbocycles. The monoisotopic (exact) mass is 318 g/mol. The molecule has 0 bridgehead atoms. The molecule has 21 heavy (non-hydrogen) atoms. The first-order valence-corrected chi connectivity index (χ1v) is 7.56. The van der Waals surface area contributed by atoms with E-state index in [2.05, 4.69) is 5.32 Å². The van der Waals surface area contributed by atoms with Gasteiger partial charge in [-0.15, -0.1) is 11.8 Å². The van der Waals surface area contributed by atoms with Gasteiger partial charge in [0.25, 0.3) is 0 Å².